The second kappa shape index (κ2) is 6.96. The Bertz CT molecular complexity index is 758. The van der Waals surface area contributed by atoms with E-state index in [1.165, 1.54) is 11.0 Å². The minimum Gasteiger partial charge on any atom is -0.466 e. The number of benzene rings is 1. The molecule has 8 nitrogen and oxygen atoms in total. The number of nitrogens with zero attached hydrogens (tertiary/aromatic N) is 3. The maximum Gasteiger partial charge on any atom is 0.314 e. The van der Waals surface area contributed by atoms with Crippen LogP contribution < -0.4 is 4.90 Å². The highest BCUT2D eigenvalue weighted by Crippen LogP contribution is 2.20. The van der Waals surface area contributed by atoms with Gasteiger partial charge in [0.1, 0.15) is 5.92 Å². The molecular weight excluding hydrogens is 312 g/mol. The third kappa shape index (κ3) is 3.38. The largest absolute Gasteiger partial charge is 0.466 e. The molecule has 1 unspecified atom stereocenters. The maximum absolute atomic E-state index is 11.9. The number of ether oxygens (including phenoxy) is 1. The van der Waals surface area contributed by atoms with Crippen molar-refractivity contribution in [3.63, 3.8) is 0 Å². The number of hydrogen-bond donors (Lipinski definition) is 1. The Balaban J connectivity index is 1.75. The van der Waals surface area contributed by atoms with Crippen molar-refractivity contribution >= 4 is 22.6 Å². The van der Waals surface area contributed by atoms with Gasteiger partial charge in [-0.3, -0.25) is 14.9 Å². The van der Waals surface area contributed by atoms with E-state index in [1.807, 2.05) is 6.92 Å². The lowest BCUT2D eigenvalue weighted by Crippen LogP contribution is -3.13. The monoisotopic (exact) mass is 333 g/mol. The molecule has 1 fully saturated rings. The van der Waals surface area contributed by atoms with Crippen LogP contribution >= 0.6 is 0 Å². The van der Waals surface area contributed by atoms with E-state index in [1.54, 1.807) is 23.0 Å². The Morgan fingerprint density at radius 3 is 3.12 bits per heavy atom. The van der Waals surface area contributed by atoms with Gasteiger partial charge >= 0.3 is 5.97 Å². The van der Waals surface area contributed by atoms with Crippen LogP contribution in [0, 0.1) is 16.0 Å². The second-order valence-electron chi connectivity index (χ2n) is 6.10. The maximum atomic E-state index is 11.9. The summed E-state index contributed by atoms with van der Waals surface area (Å²) in [5.41, 5.74) is 0.803. The topological polar surface area (TPSA) is 91.7 Å². The molecule has 24 heavy (non-hydrogen) atoms. The standard InChI is InChI=1S/C16H20N4O4/c1-2-24-16(21)13-4-3-7-18(10-13)11-19-15-8-14(20(22)23)6-5-12(15)9-17-19/h5-6,8-9,13H,2-4,7,10-11H2,1H3/p+1/t13-/m0/s1. The highest BCUT2D eigenvalue weighted by Gasteiger charge is 2.30. The van der Waals surface area contributed by atoms with Crippen molar-refractivity contribution in [3.8, 4) is 0 Å². The molecule has 0 saturated carbocycles. The number of carbonyl (C=O) groups excluding carboxylic acids is 1. The van der Waals surface area contributed by atoms with Gasteiger partial charge in [-0.2, -0.15) is 5.10 Å². The van der Waals surface area contributed by atoms with Gasteiger partial charge in [-0.25, -0.2) is 4.68 Å². The first kappa shape index (κ1) is 16.4. The van der Waals surface area contributed by atoms with Crippen LogP contribution in [0.25, 0.3) is 10.9 Å². The van der Waals surface area contributed by atoms with Gasteiger partial charge in [0.2, 0.25) is 0 Å². The van der Waals surface area contributed by atoms with Crippen molar-refractivity contribution in [2.75, 3.05) is 19.7 Å². The third-order valence-electron chi connectivity index (χ3n) is 4.45. The van der Waals surface area contributed by atoms with Crippen LogP contribution in [0.4, 0.5) is 5.69 Å². The molecule has 8 heteroatoms. The predicted octanol–water partition coefficient (Wildman–Crippen LogP) is 0.760. The first-order valence-corrected chi connectivity index (χ1v) is 8.18. The number of fused-ring (bicyclic) bond motifs is 1. The minimum absolute atomic E-state index is 0.0577. The van der Waals surface area contributed by atoms with E-state index in [2.05, 4.69) is 5.10 Å². The number of piperidine rings is 1. The van der Waals surface area contributed by atoms with Crippen molar-refractivity contribution < 1.29 is 19.4 Å². The van der Waals surface area contributed by atoms with E-state index in [0.717, 1.165) is 30.3 Å². The molecule has 0 aliphatic carbocycles. The molecule has 2 heterocycles. The van der Waals surface area contributed by atoms with Crippen molar-refractivity contribution in [2.24, 2.45) is 5.92 Å². The summed E-state index contributed by atoms with van der Waals surface area (Å²) in [6, 6.07) is 4.75. The summed E-state index contributed by atoms with van der Waals surface area (Å²) < 4.78 is 6.91. The molecule has 3 rings (SSSR count). The average Bonchev–Trinajstić information content (AvgIpc) is 2.97. The summed E-state index contributed by atoms with van der Waals surface area (Å²) in [6.07, 6.45) is 3.52. The fourth-order valence-electron chi connectivity index (χ4n) is 3.27. The average molecular weight is 333 g/mol. The molecule has 0 spiro atoms. The van der Waals surface area contributed by atoms with Crippen LogP contribution in [0.2, 0.25) is 0 Å². The second-order valence-corrected chi connectivity index (χ2v) is 6.10. The predicted molar refractivity (Wildman–Crippen MR) is 86.4 cm³/mol. The van der Waals surface area contributed by atoms with Gasteiger partial charge in [0.05, 0.1) is 36.3 Å². The summed E-state index contributed by atoms with van der Waals surface area (Å²) >= 11 is 0. The van der Waals surface area contributed by atoms with E-state index in [0.29, 0.717) is 19.8 Å². The molecule has 2 aromatic rings. The van der Waals surface area contributed by atoms with E-state index in [-0.39, 0.29) is 17.6 Å². The summed E-state index contributed by atoms with van der Waals surface area (Å²) in [4.78, 5) is 23.7. The number of esters is 1. The summed E-state index contributed by atoms with van der Waals surface area (Å²) in [7, 11) is 0. The number of non-ortho nitro benzene ring substituents is 1. The van der Waals surface area contributed by atoms with Crippen molar-refractivity contribution in [1.29, 1.82) is 0 Å². The van der Waals surface area contributed by atoms with Crippen LogP contribution in [-0.2, 0) is 16.2 Å². The number of quaternary nitrogens is 1. The van der Waals surface area contributed by atoms with E-state index in [4.69, 9.17) is 4.74 Å². The molecule has 0 radical (unpaired) electrons. The Morgan fingerprint density at radius 1 is 1.54 bits per heavy atom. The SMILES string of the molecule is CCOC(=O)[C@H]1CCC[NH+](Cn2ncc3ccc([N+](=O)[O-])cc32)C1. The summed E-state index contributed by atoms with van der Waals surface area (Å²) in [5.74, 6) is -0.208. The number of rotatable bonds is 5. The van der Waals surface area contributed by atoms with E-state index >= 15 is 0 Å². The van der Waals surface area contributed by atoms with Gasteiger partial charge in [-0.15, -0.1) is 0 Å². The number of nitrogens with one attached hydrogen (secondary N) is 1. The molecule has 1 aliphatic rings. The highest BCUT2D eigenvalue weighted by atomic mass is 16.6. The minimum atomic E-state index is -0.401. The number of likely N-dealkylation sites (tertiary alicyclic amines) is 1. The molecule has 1 aromatic carbocycles. The lowest BCUT2D eigenvalue weighted by molar-refractivity contribution is -0.930. The fraction of sp³-hybridized carbons (Fsp3) is 0.500. The van der Waals surface area contributed by atoms with Crippen molar-refractivity contribution in [1.82, 2.24) is 9.78 Å². The van der Waals surface area contributed by atoms with Gasteiger partial charge in [0.25, 0.3) is 5.69 Å². The lowest BCUT2D eigenvalue weighted by atomic mass is 9.98. The molecule has 0 bridgehead atoms. The first-order valence-electron chi connectivity index (χ1n) is 8.18. The molecule has 1 aromatic heterocycles. The third-order valence-corrected chi connectivity index (χ3v) is 4.45. The van der Waals surface area contributed by atoms with Crippen LogP contribution in [0.5, 0.6) is 0 Å². The van der Waals surface area contributed by atoms with Crippen LogP contribution in [0.3, 0.4) is 0 Å². The zero-order valence-electron chi connectivity index (χ0n) is 13.6. The number of nitro benzene ring substituents is 1. The van der Waals surface area contributed by atoms with Gasteiger partial charge in [0, 0.05) is 17.5 Å². The highest BCUT2D eigenvalue weighted by molar-refractivity contribution is 5.80. The molecule has 1 N–H and O–H groups in total. The van der Waals surface area contributed by atoms with E-state index in [9.17, 15) is 14.9 Å². The fourth-order valence-corrected chi connectivity index (χ4v) is 3.27. The number of aromatic nitrogens is 2. The van der Waals surface area contributed by atoms with E-state index < -0.39 is 4.92 Å². The number of nitro groups is 1. The smallest absolute Gasteiger partial charge is 0.314 e. The van der Waals surface area contributed by atoms with Gasteiger partial charge < -0.3 is 9.64 Å². The Kier molecular flexibility index (Phi) is 4.75. The zero-order chi connectivity index (χ0) is 17.1. The number of carbonyl (C=O) groups is 1. The summed E-state index contributed by atoms with van der Waals surface area (Å²) in [6.45, 7) is 4.45. The molecule has 2 atom stereocenters. The summed E-state index contributed by atoms with van der Waals surface area (Å²) in [5, 5.41) is 16.2. The Hall–Kier alpha value is -2.48. The normalized spacial score (nSPS) is 20.9. The Labute approximate surface area is 139 Å². The van der Waals surface area contributed by atoms with Crippen LogP contribution in [-0.4, -0.2) is 40.4 Å². The van der Waals surface area contributed by atoms with Crippen molar-refractivity contribution in [2.45, 2.75) is 26.4 Å². The lowest BCUT2D eigenvalue weighted by Gasteiger charge is -2.28. The van der Waals surface area contributed by atoms with Gasteiger partial charge in [0.15, 0.2) is 6.67 Å². The quantitative estimate of drug-likeness (QED) is 0.495. The van der Waals surface area contributed by atoms with Crippen molar-refractivity contribution in [3.05, 3.63) is 34.5 Å². The van der Waals surface area contributed by atoms with Crippen LogP contribution in [0.1, 0.15) is 19.8 Å². The zero-order valence-corrected chi connectivity index (χ0v) is 13.6. The van der Waals surface area contributed by atoms with Crippen LogP contribution in [0.15, 0.2) is 24.4 Å². The molecular formula is C16H21N4O4+. The Morgan fingerprint density at radius 2 is 2.38 bits per heavy atom. The molecule has 128 valence electrons. The first-order chi connectivity index (χ1) is 11.6. The molecule has 1 saturated heterocycles. The molecule has 0 amide bonds. The molecule has 1 aliphatic heterocycles. The van der Waals surface area contributed by atoms with Gasteiger partial charge in [-0.05, 0) is 25.8 Å². The number of hydrogen-bond acceptors (Lipinski definition) is 5. The van der Waals surface area contributed by atoms with Gasteiger partial charge in [-0.1, -0.05) is 0 Å².